The largest absolute Gasteiger partial charge is 0.573 e. The highest BCUT2D eigenvalue weighted by Crippen LogP contribution is 2.25. The summed E-state index contributed by atoms with van der Waals surface area (Å²) >= 11 is 0. The molecule has 0 aliphatic heterocycles. The Labute approximate surface area is 113 Å². The van der Waals surface area contributed by atoms with Crippen molar-refractivity contribution in [2.45, 2.75) is 26.6 Å². The lowest BCUT2D eigenvalue weighted by Gasteiger charge is -2.12. The maximum atomic E-state index is 12.2. The van der Waals surface area contributed by atoms with E-state index >= 15 is 0 Å². The smallest absolute Gasteiger partial charge is 0.462 e. The van der Waals surface area contributed by atoms with Crippen LogP contribution in [0.5, 0.6) is 5.75 Å². The first-order chi connectivity index (χ1) is 9.21. The van der Waals surface area contributed by atoms with Gasteiger partial charge in [0.25, 0.3) is 0 Å². The Kier molecular flexibility index (Phi) is 5.12. The molecular formula is C13H13F3O4. The van der Waals surface area contributed by atoms with Crippen molar-refractivity contribution in [2.75, 3.05) is 6.61 Å². The van der Waals surface area contributed by atoms with Gasteiger partial charge < -0.3 is 9.47 Å². The summed E-state index contributed by atoms with van der Waals surface area (Å²) in [6.45, 7) is 2.96. The van der Waals surface area contributed by atoms with Crippen LogP contribution < -0.4 is 4.74 Å². The summed E-state index contributed by atoms with van der Waals surface area (Å²) in [5.41, 5.74) is 0.159. The minimum atomic E-state index is -4.87. The molecule has 1 aromatic carbocycles. The standard InChI is InChI=1S/C13H13F3O4/c1-3-19-12(18)10-5-9(4-8(2)17)6-11(7-10)20-13(14,15)16/h5-7H,3-4H2,1-2H3. The number of rotatable bonds is 5. The fourth-order valence-electron chi connectivity index (χ4n) is 1.58. The molecule has 20 heavy (non-hydrogen) atoms. The van der Waals surface area contributed by atoms with Crippen LogP contribution in [0.1, 0.15) is 29.8 Å². The number of Topliss-reactive ketones (excluding diaryl/α,β-unsaturated/α-hetero) is 1. The molecule has 0 heterocycles. The van der Waals surface area contributed by atoms with Gasteiger partial charge in [0.15, 0.2) is 0 Å². The van der Waals surface area contributed by atoms with E-state index in [0.717, 1.165) is 12.1 Å². The number of alkyl halides is 3. The van der Waals surface area contributed by atoms with E-state index in [1.807, 2.05) is 0 Å². The van der Waals surface area contributed by atoms with Gasteiger partial charge in [0, 0.05) is 6.42 Å². The fourth-order valence-corrected chi connectivity index (χ4v) is 1.58. The minimum Gasteiger partial charge on any atom is -0.462 e. The van der Waals surface area contributed by atoms with Crippen LogP contribution in [0.4, 0.5) is 13.2 Å². The predicted molar refractivity (Wildman–Crippen MR) is 63.5 cm³/mol. The Morgan fingerprint density at radius 1 is 1.20 bits per heavy atom. The molecule has 0 fully saturated rings. The maximum Gasteiger partial charge on any atom is 0.573 e. The second-order valence-corrected chi connectivity index (χ2v) is 4.01. The first-order valence-electron chi connectivity index (χ1n) is 5.77. The summed E-state index contributed by atoms with van der Waals surface area (Å²) in [6.07, 6.45) is -4.97. The van der Waals surface area contributed by atoms with Gasteiger partial charge in [-0.2, -0.15) is 0 Å². The summed E-state index contributed by atoms with van der Waals surface area (Å²) in [5.74, 6) is -1.58. The first-order valence-corrected chi connectivity index (χ1v) is 5.77. The summed E-state index contributed by atoms with van der Waals surface area (Å²) in [5, 5.41) is 0. The normalized spacial score (nSPS) is 11.1. The molecule has 0 aliphatic carbocycles. The number of hydrogen-bond acceptors (Lipinski definition) is 4. The van der Waals surface area contributed by atoms with Crippen molar-refractivity contribution in [1.82, 2.24) is 0 Å². The second kappa shape index (κ2) is 6.40. The molecule has 0 aromatic heterocycles. The topological polar surface area (TPSA) is 52.6 Å². The summed E-state index contributed by atoms with van der Waals surface area (Å²) < 4.78 is 45.1. The van der Waals surface area contributed by atoms with Gasteiger partial charge in [-0.1, -0.05) is 0 Å². The number of ether oxygens (including phenoxy) is 2. The number of carbonyl (C=O) groups excluding carboxylic acids is 2. The van der Waals surface area contributed by atoms with E-state index in [1.165, 1.54) is 13.0 Å². The zero-order chi connectivity index (χ0) is 15.3. The fraction of sp³-hybridized carbons (Fsp3) is 0.385. The van der Waals surface area contributed by atoms with Crippen LogP contribution in [-0.4, -0.2) is 24.7 Å². The molecule has 0 unspecified atom stereocenters. The predicted octanol–water partition coefficient (Wildman–Crippen LogP) is 2.89. The molecule has 0 saturated heterocycles. The molecule has 0 N–H and O–H groups in total. The third kappa shape index (κ3) is 5.29. The van der Waals surface area contributed by atoms with Crippen molar-refractivity contribution in [1.29, 1.82) is 0 Å². The molecule has 1 rings (SSSR count). The van der Waals surface area contributed by atoms with E-state index in [2.05, 4.69) is 4.74 Å². The number of carbonyl (C=O) groups is 2. The van der Waals surface area contributed by atoms with E-state index in [-0.39, 0.29) is 29.9 Å². The van der Waals surface area contributed by atoms with E-state index in [0.29, 0.717) is 0 Å². The minimum absolute atomic E-state index is 0.0885. The Morgan fingerprint density at radius 2 is 1.85 bits per heavy atom. The molecule has 0 aliphatic rings. The highest BCUT2D eigenvalue weighted by Gasteiger charge is 2.31. The molecule has 7 heteroatoms. The zero-order valence-electron chi connectivity index (χ0n) is 10.9. The number of hydrogen-bond donors (Lipinski definition) is 0. The van der Waals surface area contributed by atoms with Crippen molar-refractivity contribution in [3.63, 3.8) is 0 Å². The van der Waals surface area contributed by atoms with Gasteiger partial charge >= 0.3 is 12.3 Å². The third-order valence-corrected chi connectivity index (χ3v) is 2.16. The lowest BCUT2D eigenvalue weighted by Crippen LogP contribution is -2.18. The molecule has 0 radical (unpaired) electrons. The molecular weight excluding hydrogens is 277 g/mol. The van der Waals surface area contributed by atoms with Gasteiger partial charge in [0.1, 0.15) is 11.5 Å². The number of halogens is 3. The van der Waals surface area contributed by atoms with E-state index < -0.39 is 18.1 Å². The molecule has 0 saturated carbocycles. The summed E-state index contributed by atoms with van der Waals surface area (Å²) in [6, 6.07) is 3.30. The van der Waals surface area contributed by atoms with Crippen LogP contribution >= 0.6 is 0 Å². The van der Waals surface area contributed by atoms with Crippen LogP contribution in [0.2, 0.25) is 0 Å². The van der Waals surface area contributed by atoms with Crippen molar-refractivity contribution in [3.8, 4) is 5.75 Å². The molecule has 0 spiro atoms. The van der Waals surface area contributed by atoms with Gasteiger partial charge in [-0.15, -0.1) is 13.2 Å². The first kappa shape index (κ1) is 16.0. The van der Waals surface area contributed by atoms with Crippen LogP contribution in [-0.2, 0) is 16.0 Å². The number of ketones is 1. The lowest BCUT2D eigenvalue weighted by molar-refractivity contribution is -0.274. The quantitative estimate of drug-likeness (QED) is 0.782. The molecule has 4 nitrogen and oxygen atoms in total. The molecule has 1 aromatic rings. The Balaban J connectivity index is 3.13. The Hall–Kier alpha value is -2.05. The van der Waals surface area contributed by atoms with Crippen molar-refractivity contribution >= 4 is 11.8 Å². The van der Waals surface area contributed by atoms with E-state index in [1.54, 1.807) is 6.92 Å². The van der Waals surface area contributed by atoms with Crippen molar-refractivity contribution < 1.29 is 32.2 Å². The SMILES string of the molecule is CCOC(=O)c1cc(CC(C)=O)cc(OC(F)(F)F)c1. The van der Waals surface area contributed by atoms with Gasteiger partial charge in [-0.25, -0.2) is 4.79 Å². The van der Waals surface area contributed by atoms with Gasteiger partial charge in [0.2, 0.25) is 0 Å². The monoisotopic (exact) mass is 290 g/mol. The van der Waals surface area contributed by atoms with Gasteiger partial charge in [-0.05, 0) is 37.6 Å². The maximum absolute atomic E-state index is 12.2. The number of esters is 1. The van der Waals surface area contributed by atoms with E-state index in [4.69, 9.17) is 4.74 Å². The zero-order valence-corrected chi connectivity index (χ0v) is 10.9. The highest BCUT2D eigenvalue weighted by molar-refractivity contribution is 5.90. The molecule has 0 bridgehead atoms. The highest BCUT2D eigenvalue weighted by atomic mass is 19.4. The third-order valence-electron chi connectivity index (χ3n) is 2.16. The van der Waals surface area contributed by atoms with Crippen LogP contribution in [0.3, 0.4) is 0 Å². The molecule has 0 atom stereocenters. The second-order valence-electron chi connectivity index (χ2n) is 4.01. The Bertz CT molecular complexity index is 509. The van der Waals surface area contributed by atoms with Crippen LogP contribution in [0, 0.1) is 0 Å². The average Bonchev–Trinajstić information content (AvgIpc) is 2.25. The Morgan fingerprint density at radius 3 is 2.35 bits per heavy atom. The summed E-state index contributed by atoms with van der Waals surface area (Å²) in [7, 11) is 0. The average molecular weight is 290 g/mol. The molecule has 0 amide bonds. The van der Waals surface area contributed by atoms with Crippen LogP contribution in [0.25, 0.3) is 0 Å². The van der Waals surface area contributed by atoms with Crippen LogP contribution in [0.15, 0.2) is 18.2 Å². The molecule has 110 valence electrons. The van der Waals surface area contributed by atoms with Gasteiger partial charge in [0.05, 0.1) is 12.2 Å². The van der Waals surface area contributed by atoms with Crippen molar-refractivity contribution in [3.05, 3.63) is 29.3 Å². The van der Waals surface area contributed by atoms with Crippen molar-refractivity contribution in [2.24, 2.45) is 0 Å². The number of benzene rings is 1. The van der Waals surface area contributed by atoms with E-state index in [9.17, 15) is 22.8 Å². The van der Waals surface area contributed by atoms with Gasteiger partial charge in [-0.3, -0.25) is 4.79 Å². The summed E-state index contributed by atoms with van der Waals surface area (Å²) in [4.78, 5) is 22.6. The lowest BCUT2D eigenvalue weighted by atomic mass is 10.1.